The molecule has 1 saturated heterocycles. The second-order valence-electron chi connectivity index (χ2n) is 8.48. The molecule has 8 nitrogen and oxygen atoms in total. The molecule has 182 valence electrons. The number of carbonyl (C=O) groups is 2. The van der Waals surface area contributed by atoms with Gasteiger partial charge in [0.1, 0.15) is 12.4 Å². The van der Waals surface area contributed by atoms with Crippen LogP contribution >= 0.6 is 0 Å². The highest BCUT2D eigenvalue weighted by Crippen LogP contribution is 2.22. The van der Waals surface area contributed by atoms with Crippen molar-refractivity contribution in [1.82, 2.24) is 10.3 Å². The van der Waals surface area contributed by atoms with Crippen molar-refractivity contribution < 1.29 is 23.8 Å². The van der Waals surface area contributed by atoms with Gasteiger partial charge in [-0.15, -0.1) is 0 Å². The Labute approximate surface area is 204 Å². The van der Waals surface area contributed by atoms with Crippen molar-refractivity contribution in [2.45, 2.75) is 39.0 Å². The number of pyridine rings is 1. The van der Waals surface area contributed by atoms with Crippen LogP contribution in [0.25, 0.3) is 0 Å². The number of amides is 2. The zero-order valence-corrected chi connectivity index (χ0v) is 19.9. The van der Waals surface area contributed by atoms with E-state index in [1.807, 2.05) is 55.5 Å². The van der Waals surface area contributed by atoms with Crippen molar-refractivity contribution in [2.75, 3.05) is 19.0 Å². The van der Waals surface area contributed by atoms with Gasteiger partial charge in [-0.05, 0) is 35.7 Å². The summed E-state index contributed by atoms with van der Waals surface area (Å²) in [6.45, 7) is 3.24. The van der Waals surface area contributed by atoms with Crippen LogP contribution in [0.4, 0.5) is 10.6 Å². The fraction of sp³-hybridized carbons (Fsp3) is 0.296. The largest absolute Gasteiger partial charge is 0.481 e. The van der Waals surface area contributed by atoms with Crippen LogP contribution in [0.5, 0.6) is 5.88 Å². The van der Waals surface area contributed by atoms with E-state index >= 15 is 0 Å². The molecule has 35 heavy (non-hydrogen) atoms. The number of anilines is 1. The predicted octanol–water partition coefficient (Wildman–Crippen LogP) is 3.95. The van der Waals surface area contributed by atoms with Crippen molar-refractivity contribution in [1.29, 1.82) is 0 Å². The second-order valence-corrected chi connectivity index (χ2v) is 8.48. The molecule has 0 radical (unpaired) electrons. The Hall–Kier alpha value is -3.91. The Morgan fingerprint density at radius 2 is 1.89 bits per heavy atom. The average Bonchev–Trinajstić information content (AvgIpc) is 3.26. The third kappa shape index (κ3) is 6.80. The van der Waals surface area contributed by atoms with Gasteiger partial charge in [0, 0.05) is 12.0 Å². The molecule has 0 bridgehead atoms. The van der Waals surface area contributed by atoms with Crippen LogP contribution in [0, 0.1) is 6.92 Å². The summed E-state index contributed by atoms with van der Waals surface area (Å²) in [7, 11) is 1.52. The maximum Gasteiger partial charge on any atom is 0.407 e. The number of nitrogens with one attached hydrogen (secondary N) is 2. The van der Waals surface area contributed by atoms with Gasteiger partial charge in [-0.1, -0.05) is 54.1 Å². The van der Waals surface area contributed by atoms with Crippen LogP contribution in [0.15, 0.2) is 60.7 Å². The van der Waals surface area contributed by atoms with Crippen LogP contribution in [0.2, 0.25) is 0 Å². The molecule has 0 spiro atoms. The Kier molecular flexibility index (Phi) is 7.95. The highest BCUT2D eigenvalue weighted by atomic mass is 16.6. The molecule has 2 aromatic carbocycles. The number of rotatable bonds is 10. The number of aromatic nitrogens is 1. The minimum absolute atomic E-state index is 0.136. The molecule has 3 aromatic rings. The van der Waals surface area contributed by atoms with Gasteiger partial charge < -0.3 is 24.8 Å². The lowest BCUT2D eigenvalue weighted by Gasteiger charge is -2.14. The van der Waals surface area contributed by atoms with Gasteiger partial charge in [0.15, 0.2) is 0 Å². The van der Waals surface area contributed by atoms with Crippen molar-refractivity contribution in [2.24, 2.45) is 0 Å². The topological polar surface area (TPSA) is 98.8 Å². The molecule has 8 heteroatoms. The maximum absolute atomic E-state index is 12.8. The van der Waals surface area contributed by atoms with E-state index in [-0.39, 0.29) is 18.4 Å². The Balaban J connectivity index is 1.37. The van der Waals surface area contributed by atoms with E-state index < -0.39 is 6.09 Å². The van der Waals surface area contributed by atoms with Crippen LogP contribution < -0.4 is 15.4 Å². The van der Waals surface area contributed by atoms with Gasteiger partial charge in [-0.25, -0.2) is 4.79 Å². The van der Waals surface area contributed by atoms with E-state index in [1.165, 1.54) is 7.11 Å². The molecule has 4 rings (SSSR count). The van der Waals surface area contributed by atoms with Crippen molar-refractivity contribution >= 4 is 17.8 Å². The number of ether oxygens (including phenoxy) is 3. The monoisotopic (exact) mass is 475 g/mol. The lowest BCUT2D eigenvalue weighted by atomic mass is 10.0. The van der Waals surface area contributed by atoms with Gasteiger partial charge in [-0.3, -0.25) is 4.79 Å². The van der Waals surface area contributed by atoms with Crippen molar-refractivity contribution in [3.05, 3.63) is 88.5 Å². The second kappa shape index (κ2) is 11.5. The van der Waals surface area contributed by atoms with E-state index in [4.69, 9.17) is 14.2 Å². The number of hydrogen-bond donors (Lipinski definition) is 2. The number of hydrogen-bond acceptors (Lipinski definition) is 6. The first-order chi connectivity index (χ1) is 17.0. The number of nitrogens with zero attached hydrogens (tertiary/aromatic N) is 1. The van der Waals surface area contributed by atoms with Crippen LogP contribution in [-0.4, -0.2) is 36.7 Å². The van der Waals surface area contributed by atoms with E-state index in [9.17, 15) is 9.59 Å². The molecule has 1 aliphatic rings. The molecule has 2 N–H and O–H groups in total. The van der Waals surface area contributed by atoms with Gasteiger partial charge >= 0.3 is 6.09 Å². The first-order valence-corrected chi connectivity index (χ1v) is 11.5. The summed E-state index contributed by atoms with van der Waals surface area (Å²) in [5.74, 6) is 0.613. The Morgan fingerprint density at radius 3 is 2.63 bits per heavy atom. The molecule has 0 aliphatic carbocycles. The maximum atomic E-state index is 12.8. The minimum atomic E-state index is -0.424. The van der Waals surface area contributed by atoms with E-state index in [0.29, 0.717) is 37.9 Å². The SMILES string of the molecule is COc1nc(NC(=O)Cc2ccc(C)cc2COCc2ccccc2)ccc1C[C@H]1COC(=O)N1. The first kappa shape index (κ1) is 24.2. The lowest BCUT2D eigenvalue weighted by molar-refractivity contribution is -0.115. The zero-order chi connectivity index (χ0) is 24.6. The third-order valence-electron chi connectivity index (χ3n) is 5.69. The summed E-state index contributed by atoms with van der Waals surface area (Å²) in [5, 5.41) is 5.59. The average molecular weight is 476 g/mol. The van der Waals surface area contributed by atoms with Crippen LogP contribution in [0.3, 0.4) is 0 Å². The summed E-state index contributed by atoms with van der Waals surface area (Å²) >= 11 is 0. The number of benzene rings is 2. The third-order valence-corrected chi connectivity index (χ3v) is 5.69. The molecule has 1 aliphatic heterocycles. The highest BCUT2D eigenvalue weighted by Gasteiger charge is 2.24. The van der Waals surface area contributed by atoms with E-state index in [1.54, 1.807) is 6.07 Å². The smallest absolute Gasteiger partial charge is 0.407 e. The molecule has 2 amide bonds. The molecule has 0 saturated carbocycles. The van der Waals surface area contributed by atoms with Gasteiger partial charge in [-0.2, -0.15) is 4.98 Å². The minimum Gasteiger partial charge on any atom is -0.481 e. The molecular formula is C27H29N3O5. The summed E-state index contributed by atoms with van der Waals surface area (Å²) in [6, 6.07) is 19.4. The predicted molar refractivity (Wildman–Crippen MR) is 131 cm³/mol. The Bertz CT molecular complexity index is 1180. The van der Waals surface area contributed by atoms with Crippen LogP contribution in [0.1, 0.15) is 27.8 Å². The molecule has 2 heterocycles. The number of carbonyl (C=O) groups excluding carboxylic acids is 2. The molecule has 1 fully saturated rings. The van der Waals surface area contributed by atoms with Gasteiger partial charge in [0.05, 0.1) is 32.8 Å². The molecule has 1 atom stereocenters. The zero-order valence-electron chi connectivity index (χ0n) is 19.9. The quantitative estimate of drug-likeness (QED) is 0.461. The van der Waals surface area contributed by atoms with E-state index in [0.717, 1.165) is 27.8 Å². The summed E-state index contributed by atoms with van der Waals surface area (Å²) in [4.78, 5) is 28.5. The first-order valence-electron chi connectivity index (χ1n) is 11.5. The fourth-order valence-corrected chi connectivity index (χ4v) is 3.95. The number of alkyl carbamates (subject to hydrolysis) is 1. The number of aryl methyl sites for hydroxylation is 1. The number of methoxy groups -OCH3 is 1. The lowest BCUT2D eigenvalue weighted by Crippen LogP contribution is -2.28. The van der Waals surface area contributed by atoms with Crippen LogP contribution in [-0.2, 0) is 40.3 Å². The normalized spacial score (nSPS) is 14.8. The van der Waals surface area contributed by atoms with E-state index in [2.05, 4.69) is 21.7 Å². The Morgan fingerprint density at radius 1 is 1.09 bits per heavy atom. The van der Waals surface area contributed by atoms with Crippen molar-refractivity contribution in [3.63, 3.8) is 0 Å². The standard InChI is InChI=1S/C27H29N3O5/c1-18-8-9-20(22(12-18)16-34-15-19-6-4-3-5-7-19)14-25(31)29-24-11-10-21(26(30-24)33-2)13-23-17-35-27(32)28-23/h3-12,23H,13-17H2,1-2H3,(H,28,32)(H,29,30,31)/t23-/m0/s1. The molecular weight excluding hydrogens is 446 g/mol. The fourth-order valence-electron chi connectivity index (χ4n) is 3.95. The van der Waals surface area contributed by atoms with Gasteiger partial charge in [0.2, 0.25) is 11.8 Å². The van der Waals surface area contributed by atoms with Crippen molar-refractivity contribution in [3.8, 4) is 5.88 Å². The molecule has 1 aromatic heterocycles. The highest BCUT2D eigenvalue weighted by molar-refractivity contribution is 5.91. The van der Waals surface area contributed by atoms with Gasteiger partial charge in [0.25, 0.3) is 0 Å². The number of cyclic esters (lactones) is 1. The molecule has 0 unspecified atom stereocenters. The summed E-state index contributed by atoms with van der Waals surface area (Å²) in [6.07, 6.45) is 0.291. The summed E-state index contributed by atoms with van der Waals surface area (Å²) in [5.41, 5.74) is 4.92. The summed E-state index contributed by atoms with van der Waals surface area (Å²) < 4.78 is 16.2.